The second-order valence-corrected chi connectivity index (χ2v) is 2.91. The van der Waals surface area contributed by atoms with Crippen LogP contribution >= 0.6 is 0 Å². The van der Waals surface area contributed by atoms with E-state index < -0.39 is 30.7 Å². The van der Waals surface area contributed by atoms with Gasteiger partial charge in [0.05, 0.1) is 6.10 Å². The molecule has 72 valence electrons. The van der Waals surface area contributed by atoms with Crippen molar-refractivity contribution in [1.82, 2.24) is 0 Å². The van der Waals surface area contributed by atoms with Crippen molar-refractivity contribution in [3.05, 3.63) is 0 Å². The molecule has 0 aromatic heterocycles. The lowest BCUT2D eigenvalue weighted by molar-refractivity contribution is -0.281. The first-order valence-corrected chi connectivity index (χ1v) is 3.80. The first-order valence-electron chi connectivity index (χ1n) is 3.80. The summed E-state index contributed by atoms with van der Waals surface area (Å²) in [7, 11) is 1.41. The smallest absolute Gasteiger partial charge is 0.183 e. The fourth-order valence-electron chi connectivity index (χ4n) is 1.35. The fourth-order valence-corrected chi connectivity index (χ4v) is 1.35. The van der Waals surface area contributed by atoms with Crippen molar-refractivity contribution in [3.63, 3.8) is 0 Å². The maximum Gasteiger partial charge on any atom is 0.183 e. The molecule has 1 rings (SSSR count). The lowest BCUT2D eigenvalue weighted by atomic mass is 10.00. The summed E-state index contributed by atoms with van der Waals surface area (Å²) < 4.78 is 9.78. The minimum atomic E-state index is -1.33. The monoisotopic (exact) mass is 178 g/mol. The average Bonchev–Trinajstić information content (AvgIpc) is 2.01. The highest BCUT2D eigenvalue weighted by atomic mass is 16.6. The van der Waals surface area contributed by atoms with Gasteiger partial charge in [0.2, 0.25) is 0 Å². The van der Waals surface area contributed by atoms with Crippen molar-refractivity contribution < 1.29 is 24.8 Å². The van der Waals surface area contributed by atoms with E-state index in [0.717, 1.165) is 0 Å². The van der Waals surface area contributed by atoms with Crippen LogP contribution in [0.2, 0.25) is 0 Å². The van der Waals surface area contributed by atoms with Crippen LogP contribution in [0.5, 0.6) is 0 Å². The Morgan fingerprint density at radius 3 is 2.25 bits per heavy atom. The van der Waals surface area contributed by atoms with E-state index in [-0.39, 0.29) is 0 Å². The maximum atomic E-state index is 9.36. The molecule has 0 unspecified atom stereocenters. The lowest BCUT2D eigenvalue weighted by Crippen LogP contribution is -2.57. The summed E-state index contributed by atoms with van der Waals surface area (Å²) in [5.41, 5.74) is 0. The Balaban J connectivity index is 2.65. The number of aliphatic hydroxyl groups excluding tert-OH is 3. The van der Waals surface area contributed by atoms with Crippen molar-refractivity contribution in [2.45, 2.75) is 37.6 Å². The van der Waals surface area contributed by atoms with Crippen LogP contribution in [0.1, 0.15) is 6.92 Å². The maximum absolute atomic E-state index is 9.36. The molecule has 0 aliphatic carbocycles. The van der Waals surface area contributed by atoms with E-state index >= 15 is 0 Å². The van der Waals surface area contributed by atoms with Crippen molar-refractivity contribution in [1.29, 1.82) is 0 Å². The van der Waals surface area contributed by atoms with Gasteiger partial charge in [-0.05, 0) is 6.92 Å². The van der Waals surface area contributed by atoms with E-state index in [0.29, 0.717) is 0 Å². The molecule has 0 radical (unpaired) electrons. The van der Waals surface area contributed by atoms with Crippen LogP contribution in [0.15, 0.2) is 0 Å². The summed E-state index contributed by atoms with van der Waals surface area (Å²) in [6.45, 7) is 1.66. The Morgan fingerprint density at radius 2 is 1.75 bits per heavy atom. The minimum absolute atomic E-state index is 0.427. The summed E-state index contributed by atoms with van der Waals surface area (Å²) in [6, 6.07) is 0. The Labute approximate surface area is 70.5 Å². The van der Waals surface area contributed by atoms with Crippen LogP contribution in [-0.4, -0.2) is 53.1 Å². The van der Waals surface area contributed by atoms with Crippen LogP contribution < -0.4 is 0 Å². The third-order valence-electron chi connectivity index (χ3n) is 2.07. The Morgan fingerprint density at radius 1 is 1.17 bits per heavy atom. The highest BCUT2D eigenvalue weighted by Gasteiger charge is 2.41. The van der Waals surface area contributed by atoms with Crippen LogP contribution in [0.3, 0.4) is 0 Å². The highest BCUT2D eigenvalue weighted by molar-refractivity contribution is 4.87. The molecule has 1 saturated heterocycles. The molecule has 0 amide bonds. The summed E-state index contributed by atoms with van der Waals surface area (Å²) >= 11 is 0. The van der Waals surface area contributed by atoms with E-state index in [1.54, 1.807) is 6.92 Å². The van der Waals surface area contributed by atoms with Gasteiger partial charge in [-0.2, -0.15) is 0 Å². The number of rotatable bonds is 1. The molecule has 5 heteroatoms. The van der Waals surface area contributed by atoms with Crippen molar-refractivity contribution >= 4 is 0 Å². The van der Waals surface area contributed by atoms with E-state index in [2.05, 4.69) is 0 Å². The predicted molar refractivity (Wildman–Crippen MR) is 39.4 cm³/mol. The third-order valence-corrected chi connectivity index (χ3v) is 2.07. The molecule has 0 saturated carbocycles. The highest BCUT2D eigenvalue weighted by Crippen LogP contribution is 2.21. The van der Waals surface area contributed by atoms with Crippen molar-refractivity contribution in [2.75, 3.05) is 7.11 Å². The van der Waals surface area contributed by atoms with Gasteiger partial charge >= 0.3 is 0 Å². The molecule has 3 N–H and O–H groups in total. The van der Waals surface area contributed by atoms with Gasteiger partial charge in [-0.3, -0.25) is 0 Å². The van der Waals surface area contributed by atoms with Gasteiger partial charge in [-0.15, -0.1) is 0 Å². The summed E-state index contributed by atoms with van der Waals surface area (Å²) in [4.78, 5) is 0. The van der Waals surface area contributed by atoms with Crippen LogP contribution in [-0.2, 0) is 9.47 Å². The molecule has 1 heterocycles. The zero-order valence-electron chi connectivity index (χ0n) is 7.04. The topological polar surface area (TPSA) is 79.2 Å². The van der Waals surface area contributed by atoms with E-state index in [1.165, 1.54) is 7.11 Å². The molecule has 0 bridgehead atoms. The van der Waals surface area contributed by atoms with Gasteiger partial charge in [0.25, 0.3) is 0 Å². The van der Waals surface area contributed by atoms with Gasteiger partial charge < -0.3 is 24.8 Å². The largest absolute Gasteiger partial charge is 0.387 e. The average molecular weight is 178 g/mol. The molecule has 0 spiro atoms. The molecule has 1 aliphatic heterocycles. The van der Waals surface area contributed by atoms with Gasteiger partial charge in [-0.1, -0.05) is 0 Å². The number of ether oxygens (including phenoxy) is 2. The second kappa shape index (κ2) is 3.68. The van der Waals surface area contributed by atoms with E-state index in [9.17, 15) is 5.11 Å². The Bertz CT molecular complexity index is 151. The Hall–Kier alpha value is -0.200. The Kier molecular flexibility index (Phi) is 3.03. The predicted octanol–water partition coefficient (Wildman–Crippen LogP) is -1.54. The van der Waals surface area contributed by atoms with Crippen LogP contribution in [0, 0.1) is 0 Å². The zero-order chi connectivity index (χ0) is 9.30. The molecule has 12 heavy (non-hydrogen) atoms. The van der Waals surface area contributed by atoms with Crippen molar-refractivity contribution in [2.24, 2.45) is 0 Å². The summed E-state index contributed by atoms with van der Waals surface area (Å²) in [5.74, 6) is 0. The fraction of sp³-hybridized carbons (Fsp3) is 1.00. The standard InChI is InChI=1S/C7H14O5/c1-3-6(11-2)4(8)5(9)7(10)12-3/h3-10H,1-2H3/t3-,4+,5+,6-,7-/m1/s1. The molecule has 0 aromatic carbocycles. The molecular weight excluding hydrogens is 164 g/mol. The number of aliphatic hydroxyl groups is 3. The first-order chi connectivity index (χ1) is 5.57. The van der Waals surface area contributed by atoms with Gasteiger partial charge in [0, 0.05) is 7.11 Å². The number of hydrogen-bond donors (Lipinski definition) is 3. The minimum Gasteiger partial charge on any atom is -0.387 e. The molecular formula is C7H14O5. The molecule has 1 fully saturated rings. The van der Waals surface area contributed by atoms with Gasteiger partial charge in [-0.25, -0.2) is 0 Å². The van der Waals surface area contributed by atoms with Crippen LogP contribution in [0.4, 0.5) is 0 Å². The number of methoxy groups -OCH3 is 1. The lowest BCUT2D eigenvalue weighted by Gasteiger charge is -2.38. The quantitative estimate of drug-likeness (QED) is 0.453. The molecule has 5 nitrogen and oxygen atoms in total. The summed E-state index contributed by atoms with van der Waals surface area (Å²) in [5, 5.41) is 27.6. The van der Waals surface area contributed by atoms with E-state index in [4.69, 9.17) is 19.7 Å². The number of hydrogen-bond acceptors (Lipinski definition) is 5. The second-order valence-electron chi connectivity index (χ2n) is 2.91. The first kappa shape index (κ1) is 9.88. The SMILES string of the molecule is CO[C@H]1[C@@H](O)[C@H](O)[C@H](O)O[C@@H]1C. The molecule has 1 aliphatic rings. The normalized spacial score (nSPS) is 49.2. The van der Waals surface area contributed by atoms with Gasteiger partial charge in [0.1, 0.15) is 18.3 Å². The third kappa shape index (κ3) is 1.60. The van der Waals surface area contributed by atoms with E-state index in [1.807, 2.05) is 0 Å². The van der Waals surface area contributed by atoms with Crippen LogP contribution in [0.25, 0.3) is 0 Å². The molecule has 5 atom stereocenters. The summed E-state index contributed by atoms with van der Waals surface area (Å²) in [6.07, 6.45) is -4.76. The zero-order valence-corrected chi connectivity index (χ0v) is 7.04. The van der Waals surface area contributed by atoms with Crippen molar-refractivity contribution in [3.8, 4) is 0 Å². The molecule has 0 aromatic rings. The van der Waals surface area contributed by atoms with Gasteiger partial charge in [0.15, 0.2) is 6.29 Å².